The molecule has 0 saturated carbocycles. The van der Waals surface area contributed by atoms with Gasteiger partial charge in [-0.05, 0) is 37.3 Å². The van der Waals surface area contributed by atoms with Gasteiger partial charge in [0.05, 0.1) is 30.8 Å². The number of anilines is 1. The van der Waals surface area contributed by atoms with Crippen molar-refractivity contribution in [3.8, 4) is 0 Å². The van der Waals surface area contributed by atoms with E-state index < -0.39 is 0 Å². The molecule has 0 aliphatic carbocycles. The Morgan fingerprint density at radius 3 is 2.86 bits per heavy atom. The highest BCUT2D eigenvalue weighted by atomic mass is 35.5. The number of fused-ring (bicyclic) bond motifs is 1. The number of hydrogen-bond acceptors (Lipinski definition) is 3. The van der Waals surface area contributed by atoms with Crippen LogP contribution in [0.15, 0.2) is 36.4 Å². The Hall–Kier alpha value is -1.62. The van der Waals surface area contributed by atoms with Gasteiger partial charge in [0, 0.05) is 5.69 Å². The molecule has 6 heteroatoms. The molecular formula is C15H10Cl2N2OS. The number of halogens is 2. The second-order valence-corrected chi connectivity index (χ2v) is 6.49. The van der Waals surface area contributed by atoms with E-state index in [-0.39, 0.29) is 10.9 Å². The van der Waals surface area contributed by atoms with Crippen LogP contribution in [0.5, 0.6) is 0 Å². The van der Waals surface area contributed by atoms with Gasteiger partial charge in [0.1, 0.15) is 0 Å². The maximum atomic E-state index is 12.3. The number of aromatic nitrogens is 1. The molecule has 0 bridgehead atoms. The highest BCUT2D eigenvalue weighted by Gasteiger charge is 2.13. The number of nitrogens with zero attached hydrogens (tertiary/aromatic N) is 1. The van der Waals surface area contributed by atoms with Gasteiger partial charge in [-0.15, -0.1) is 11.3 Å². The largest absolute Gasteiger partial charge is 0.322 e. The lowest BCUT2D eigenvalue weighted by Crippen LogP contribution is -2.12. The summed E-state index contributed by atoms with van der Waals surface area (Å²) in [6, 6.07) is 10.6. The van der Waals surface area contributed by atoms with Crippen LogP contribution in [0, 0.1) is 6.92 Å². The molecule has 0 radical (unpaired) electrons. The molecule has 0 aliphatic rings. The maximum absolute atomic E-state index is 12.3. The Morgan fingerprint density at radius 2 is 2.05 bits per heavy atom. The number of carbonyl (C=O) groups is 1. The van der Waals surface area contributed by atoms with E-state index in [4.69, 9.17) is 23.2 Å². The van der Waals surface area contributed by atoms with E-state index in [1.165, 1.54) is 0 Å². The molecule has 0 atom stereocenters. The average molecular weight is 337 g/mol. The number of aryl methyl sites for hydroxylation is 1. The van der Waals surface area contributed by atoms with Gasteiger partial charge in [-0.3, -0.25) is 4.79 Å². The lowest BCUT2D eigenvalue weighted by atomic mass is 10.2. The van der Waals surface area contributed by atoms with Crippen molar-refractivity contribution >= 4 is 56.3 Å². The lowest BCUT2D eigenvalue weighted by molar-refractivity contribution is 0.102. The number of thiazole rings is 1. The number of nitrogens with one attached hydrogen (secondary N) is 1. The first-order valence-electron chi connectivity index (χ1n) is 6.17. The Morgan fingerprint density at radius 1 is 1.24 bits per heavy atom. The second-order valence-electron chi connectivity index (χ2n) is 4.47. The highest BCUT2D eigenvalue weighted by Crippen LogP contribution is 2.28. The first kappa shape index (κ1) is 14.3. The molecule has 1 N–H and O–H groups in total. The summed E-state index contributed by atoms with van der Waals surface area (Å²) >= 11 is 13.6. The van der Waals surface area contributed by atoms with Crippen LogP contribution in [-0.4, -0.2) is 10.9 Å². The van der Waals surface area contributed by atoms with Crippen molar-refractivity contribution in [3.05, 3.63) is 57.0 Å². The Kier molecular flexibility index (Phi) is 3.85. The van der Waals surface area contributed by atoms with E-state index in [1.54, 1.807) is 29.5 Å². The number of carbonyl (C=O) groups excluding carboxylic acids is 1. The quantitative estimate of drug-likeness (QED) is 0.701. The van der Waals surface area contributed by atoms with Crippen LogP contribution < -0.4 is 5.32 Å². The monoisotopic (exact) mass is 336 g/mol. The van der Waals surface area contributed by atoms with E-state index in [0.717, 1.165) is 15.2 Å². The molecule has 3 rings (SSSR count). The van der Waals surface area contributed by atoms with Crippen molar-refractivity contribution in [2.45, 2.75) is 6.92 Å². The zero-order valence-electron chi connectivity index (χ0n) is 11.0. The number of rotatable bonds is 2. The Labute approximate surface area is 135 Å². The first-order chi connectivity index (χ1) is 10.0. The third-order valence-corrected chi connectivity index (χ3v) is 4.70. The number of benzene rings is 2. The molecule has 0 fully saturated rings. The van der Waals surface area contributed by atoms with E-state index >= 15 is 0 Å². The van der Waals surface area contributed by atoms with Crippen LogP contribution in [0.4, 0.5) is 5.69 Å². The molecule has 1 aromatic heterocycles. The van der Waals surface area contributed by atoms with Gasteiger partial charge in [0.2, 0.25) is 0 Å². The van der Waals surface area contributed by atoms with Crippen LogP contribution >= 0.6 is 34.5 Å². The minimum absolute atomic E-state index is 0.256. The highest BCUT2D eigenvalue weighted by molar-refractivity contribution is 7.18. The van der Waals surface area contributed by atoms with Crippen molar-refractivity contribution in [1.29, 1.82) is 0 Å². The smallest absolute Gasteiger partial charge is 0.257 e. The van der Waals surface area contributed by atoms with Crippen molar-refractivity contribution in [3.63, 3.8) is 0 Å². The van der Waals surface area contributed by atoms with Gasteiger partial charge in [0.25, 0.3) is 5.91 Å². The molecule has 3 aromatic rings. The van der Waals surface area contributed by atoms with Crippen molar-refractivity contribution < 1.29 is 4.79 Å². The fourth-order valence-corrected chi connectivity index (χ4v) is 3.25. The van der Waals surface area contributed by atoms with Crippen molar-refractivity contribution in [1.82, 2.24) is 4.98 Å². The first-order valence-corrected chi connectivity index (χ1v) is 7.74. The zero-order valence-corrected chi connectivity index (χ0v) is 13.3. The maximum Gasteiger partial charge on any atom is 0.257 e. The van der Waals surface area contributed by atoms with Gasteiger partial charge in [-0.1, -0.05) is 29.3 Å². The molecule has 106 valence electrons. The van der Waals surface area contributed by atoms with Crippen LogP contribution in [0.1, 0.15) is 15.4 Å². The Bertz CT molecular complexity index is 845. The molecule has 0 saturated heterocycles. The Balaban J connectivity index is 1.90. The van der Waals surface area contributed by atoms with Crippen LogP contribution in [0.25, 0.3) is 10.2 Å². The predicted molar refractivity (Wildman–Crippen MR) is 88.8 cm³/mol. The van der Waals surface area contributed by atoms with Gasteiger partial charge < -0.3 is 5.32 Å². The predicted octanol–water partition coefficient (Wildman–Crippen LogP) is 5.16. The van der Waals surface area contributed by atoms with Gasteiger partial charge in [-0.25, -0.2) is 4.98 Å². The molecule has 1 heterocycles. The molecule has 0 spiro atoms. The molecule has 2 aromatic carbocycles. The summed E-state index contributed by atoms with van der Waals surface area (Å²) < 4.78 is 1.03. The fraction of sp³-hybridized carbons (Fsp3) is 0.0667. The van der Waals surface area contributed by atoms with Crippen LogP contribution in [-0.2, 0) is 0 Å². The third-order valence-electron chi connectivity index (χ3n) is 2.95. The normalized spacial score (nSPS) is 10.8. The number of amides is 1. The van der Waals surface area contributed by atoms with Crippen molar-refractivity contribution in [2.24, 2.45) is 0 Å². The summed E-state index contributed by atoms with van der Waals surface area (Å²) in [6.07, 6.45) is 0. The van der Waals surface area contributed by atoms with E-state index in [2.05, 4.69) is 10.3 Å². The van der Waals surface area contributed by atoms with Crippen LogP contribution in [0.3, 0.4) is 0 Å². The molecule has 3 nitrogen and oxygen atoms in total. The van der Waals surface area contributed by atoms with E-state index in [0.29, 0.717) is 16.3 Å². The van der Waals surface area contributed by atoms with Gasteiger partial charge in [-0.2, -0.15) is 0 Å². The van der Waals surface area contributed by atoms with E-state index in [9.17, 15) is 4.79 Å². The molecule has 21 heavy (non-hydrogen) atoms. The molecular weight excluding hydrogens is 327 g/mol. The summed E-state index contributed by atoms with van der Waals surface area (Å²) in [7, 11) is 0. The fourth-order valence-electron chi connectivity index (χ4n) is 2.00. The SMILES string of the molecule is Cc1nc2ccc(NC(=O)c3cccc(Cl)c3Cl)cc2s1. The number of hydrogen-bond donors (Lipinski definition) is 1. The van der Waals surface area contributed by atoms with Gasteiger partial charge >= 0.3 is 0 Å². The summed E-state index contributed by atoms with van der Waals surface area (Å²) in [5.41, 5.74) is 1.98. The lowest BCUT2D eigenvalue weighted by Gasteiger charge is -2.07. The molecule has 0 unspecified atom stereocenters. The second kappa shape index (κ2) is 5.64. The standard InChI is InChI=1S/C15H10Cl2N2OS/c1-8-18-12-6-5-9(7-13(12)21-8)19-15(20)10-3-2-4-11(16)14(10)17/h2-7H,1H3,(H,19,20). The topological polar surface area (TPSA) is 42.0 Å². The molecule has 1 amide bonds. The van der Waals surface area contributed by atoms with Crippen molar-refractivity contribution in [2.75, 3.05) is 5.32 Å². The van der Waals surface area contributed by atoms with E-state index in [1.807, 2.05) is 25.1 Å². The summed E-state index contributed by atoms with van der Waals surface area (Å²) in [5, 5.41) is 4.43. The molecule has 0 aliphatic heterocycles. The summed E-state index contributed by atoms with van der Waals surface area (Å²) in [5.74, 6) is -0.289. The van der Waals surface area contributed by atoms with Gasteiger partial charge in [0.15, 0.2) is 0 Å². The minimum atomic E-state index is -0.289. The summed E-state index contributed by atoms with van der Waals surface area (Å²) in [4.78, 5) is 16.6. The zero-order chi connectivity index (χ0) is 15.0. The minimum Gasteiger partial charge on any atom is -0.322 e. The average Bonchev–Trinajstić information content (AvgIpc) is 2.81. The summed E-state index contributed by atoms with van der Waals surface area (Å²) in [6.45, 7) is 1.95. The van der Waals surface area contributed by atoms with Crippen LogP contribution in [0.2, 0.25) is 10.0 Å². The third kappa shape index (κ3) is 2.88.